The lowest BCUT2D eigenvalue weighted by molar-refractivity contribution is 0.0683. The molecule has 2 aromatic carbocycles. The number of methoxy groups -OCH3 is 4. The Hall–Kier alpha value is -5.60. The van der Waals surface area contributed by atoms with E-state index in [1.807, 2.05) is 33.4 Å². The Balaban J connectivity index is 0.000000214. The van der Waals surface area contributed by atoms with Gasteiger partial charge in [0.2, 0.25) is 0 Å². The fraction of sp³-hybridized carbons (Fsp3) is 0.429. The second-order valence-corrected chi connectivity index (χ2v) is 14.3. The van der Waals surface area contributed by atoms with Crippen molar-refractivity contribution in [2.45, 2.75) is 52.6 Å². The number of carboxylic acids is 2. The summed E-state index contributed by atoms with van der Waals surface area (Å²) in [5, 5.41) is 18.7. The third kappa shape index (κ3) is 8.61. The molecule has 0 amide bonds. The molecule has 14 heteroatoms. The number of aromatic carboxylic acids is 2. The Bertz CT molecular complexity index is 2050. The first-order chi connectivity index (χ1) is 26.7. The van der Waals surface area contributed by atoms with Gasteiger partial charge in [-0.25, -0.2) is 9.59 Å². The third-order valence-electron chi connectivity index (χ3n) is 10.2. The van der Waals surface area contributed by atoms with E-state index in [2.05, 4.69) is 27.7 Å². The highest BCUT2D eigenvalue weighted by Gasteiger charge is 2.31. The predicted octanol–water partition coefficient (Wildman–Crippen LogP) is 6.00. The number of nitrogens with zero attached hydrogens (tertiary/aromatic N) is 2. The van der Waals surface area contributed by atoms with Crippen molar-refractivity contribution in [2.75, 3.05) is 54.9 Å². The summed E-state index contributed by atoms with van der Waals surface area (Å²) in [5.74, 6) is 0.420. The molecule has 2 atom stereocenters. The number of benzene rings is 2. The maximum absolute atomic E-state index is 12.4. The van der Waals surface area contributed by atoms with Gasteiger partial charge in [0.25, 0.3) is 0 Å². The summed E-state index contributed by atoms with van der Waals surface area (Å²) in [5.41, 5.74) is 3.71. The molecule has 2 aliphatic rings. The predicted molar refractivity (Wildman–Crippen MR) is 209 cm³/mol. The van der Waals surface area contributed by atoms with Gasteiger partial charge < -0.3 is 47.8 Å². The summed E-state index contributed by atoms with van der Waals surface area (Å²) in [6.45, 7) is 10.1. The highest BCUT2D eigenvalue weighted by atomic mass is 16.5. The number of pyridine rings is 2. The molecule has 0 bridgehead atoms. The van der Waals surface area contributed by atoms with Crippen LogP contribution >= 0.6 is 0 Å². The third-order valence-corrected chi connectivity index (χ3v) is 10.2. The summed E-state index contributed by atoms with van der Waals surface area (Å²) in [6, 6.07) is 10.4. The van der Waals surface area contributed by atoms with E-state index >= 15 is 0 Å². The van der Waals surface area contributed by atoms with Crippen LogP contribution in [0, 0.1) is 11.8 Å². The first-order valence-corrected chi connectivity index (χ1v) is 18.4. The van der Waals surface area contributed by atoms with Crippen LogP contribution in [0.1, 0.15) is 71.6 Å². The molecule has 14 nitrogen and oxygen atoms in total. The fourth-order valence-corrected chi connectivity index (χ4v) is 7.20. The van der Waals surface area contributed by atoms with E-state index in [0.29, 0.717) is 73.7 Å². The van der Waals surface area contributed by atoms with Gasteiger partial charge in [0.05, 0.1) is 38.8 Å². The van der Waals surface area contributed by atoms with Crippen molar-refractivity contribution in [3.63, 3.8) is 0 Å². The molecule has 0 fully saturated rings. The van der Waals surface area contributed by atoms with E-state index in [0.717, 1.165) is 22.3 Å². The summed E-state index contributed by atoms with van der Waals surface area (Å²) >= 11 is 0. The van der Waals surface area contributed by atoms with Crippen LogP contribution in [-0.2, 0) is 22.3 Å². The van der Waals surface area contributed by atoms with Crippen LogP contribution in [0.5, 0.6) is 23.0 Å². The van der Waals surface area contributed by atoms with E-state index in [1.54, 1.807) is 28.4 Å². The molecule has 4 heterocycles. The van der Waals surface area contributed by atoms with Gasteiger partial charge >= 0.3 is 11.9 Å². The van der Waals surface area contributed by atoms with E-state index < -0.39 is 22.8 Å². The molecular weight excluding hydrogens is 724 g/mol. The van der Waals surface area contributed by atoms with Gasteiger partial charge in [-0.1, -0.05) is 27.7 Å². The monoisotopic (exact) mass is 774 g/mol. The van der Waals surface area contributed by atoms with Gasteiger partial charge in [0.1, 0.15) is 24.3 Å². The fourth-order valence-electron chi connectivity index (χ4n) is 7.20. The first-order valence-electron chi connectivity index (χ1n) is 18.4. The van der Waals surface area contributed by atoms with Crippen LogP contribution < -0.4 is 29.8 Å². The zero-order valence-corrected chi connectivity index (χ0v) is 33.0. The highest BCUT2D eigenvalue weighted by molar-refractivity contribution is 5.88. The largest absolute Gasteiger partial charge is 0.493 e. The van der Waals surface area contributed by atoms with E-state index in [9.17, 15) is 29.4 Å². The molecule has 0 spiro atoms. The van der Waals surface area contributed by atoms with Crippen LogP contribution in [-0.4, -0.2) is 86.2 Å². The normalized spacial score (nSPS) is 15.1. The van der Waals surface area contributed by atoms with Gasteiger partial charge in [-0.15, -0.1) is 0 Å². The number of hydrogen-bond acceptors (Lipinski definition) is 10. The Morgan fingerprint density at radius 1 is 0.607 bits per heavy atom. The smallest absolute Gasteiger partial charge is 0.341 e. The molecule has 0 unspecified atom stereocenters. The van der Waals surface area contributed by atoms with Crippen molar-refractivity contribution in [1.82, 2.24) is 9.13 Å². The van der Waals surface area contributed by atoms with Crippen LogP contribution in [0.4, 0.5) is 0 Å². The van der Waals surface area contributed by atoms with Gasteiger partial charge in [-0.2, -0.15) is 0 Å². The van der Waals surface area contributed by atoms with Gasteiger partial charge in [-0.05, 0) is 60.1 Å². The number of carbonyl (C=O) groups is 2. The molecule has 2 aromatic heterocycles. The van der Waals surface area contributed by atoms with Crippen LogP contribution in [0.15, 0.2) is 58.4 Å². The lowest BCUT2D eigenvalue weighted by Gasteiger charge is -2.33. The second kappa shape index (κ2) is 17.9. The lowest BCUT2D eigenvalue weighted by atomic mass is 9.87. The topological polar surface area (TPSA) is 174 Å². The van der Waals surface area contributed by atoms with Crippen LogP contribution in [0.2, 0.25) is 0 Å². The molecule has 0 aliphatic carbocycles. The standard InChI is InChI=1S/2C21H25NO6/c2*1-12(2)16-7-13-8-20(28-6-5-26-3)19(27-4)9-14(13)17-10-18(23)15(21(24)25)11-22(16)17/h2*8-12,16H,5-7H2,1-4H3,(H,24,25)/t2*16-/m10/s1. The Morgan fingerprint density at radius 2 is 0.982 bits per heavy atom. The molecule has 2 aliphatic heterocycles. The second-order valence-electron chi connectivity index (χ2n) is 14.3. The quantitative estimate of drug-likeness (QED) is 0.143. The Kier molecular flexibility index (Phi) is 13.3. The molecule has 6 rings (SSSR count). The molecule has 300 valence electrons. The van der Waals surface area contributed by atoms with E-state index in [1.165, 1.54) is 24.5 Å². The van der Waals surface area contributed by atoms with Crippen molar-refractivity contribution >= 4 is 11.9 Å². The molecular formula is C42H50N2O12. The van der Waals surface area contributed by atoms with E-state index in [4.69, 9.17) is 28.4 Å². The molecule has 0 saturated heterocycles. The molecule has 2 N–H and O–H groups in total. The van der Waals surface area contributed by atoms with Crippen molar-refractivity contribution in [3.05, 3.63) is 91.5 Å². The van der Waals surface area contributed by atoms with E-state index in [-0.39, 0.29) is 35.0 Å². The van der Waals surface area contributed by atoms with Crippen molar-refractivity contribution in [2.24, 2.45) is 11.8 Å². The van der Waals surface area contributed by atoms with Crippen LogP contribution in [0.25, 0.3) is 22.5 Å². The summed E-state index contributed by atoms with van der Waals surface area (Å²) in [7, 11) is 6.35. The highest BCUT2D eigenvalue weighted by Crippen LogP contribution is 2.44. The number of hydrogen-bond donors (Lipinski definition) is 2. The van der Waals surface area contributed by atoms with Crippen LogP contribution in [0.3, 0.4) is 0 Å². The number of aromatic nitrogens is 2. The minimum Gasteiger partial charge on any atom is -0.493 e. The van der Waals surface area contributed by atoms with Crippen molar-refractivity contribution < 1.29 is 48.2 Å². The zero-order valence-electron chi connectivity index (χ0n) is 33.0. The minimum atomic E-state index is -1.21. The Labute approximate surface area is 325 Å². The lowest BCUT2D eigenvalue weighted by Crippen LogP contribution is -2.28. The first kappa shape index (κ1) is 41.6. The van der Waals surface area contributed by atoms with Gasteiger partial charge in [-0.3, -0.25) is 9.59 Å². The minimum absolute atomic E-state index is 0.0291. The maximum Gasteiger partial charge on any atom is 0.341 e. The molecule has 4 aromatic rings. The molecule has 56 heavy (non-hydrogen) atoms. The summed E-state index contributed by atoms with van der Waals surface area (Å²) < 4.78 is 36.4. The average Bonchev–Trinajstić information content (AvgIpc) is 3.16. The summed E-state index contributed by atoms with van der Waals surface area (Å²) in [6.07, 6.45) is 4.32. The van der Waals surface area contributed by atoms with Crippen molar-refractivity contribution in [1.29, 1.82) is 0 Å². The van der Waals surface area contributed by atoms with Gasteiger partial charge in [0, 0.05) is 62.0 Å². The SMILES string of the molecule is COCCOc1cc2c(cc1OC)-c1cc(=O)c(C(=O)O)cn1[C@@H](C(C)C)C2.COCCOc1cc2c(cc1OC)-c1cc(=O)c(C(=O)O)cn1[C@H](C(C)C)C2. The number of carboxylic acid groups (broad SMARTS) is 2. The van der Waals surface area contributed by atoms with Crippen molar-refractivity contribution in [3.8, 4) is 45.5 Å². The number of ether oxygens (including phenoxy) is 6. The summed E-state index contributed by atoms with van der Waals surface area (Å²) in [4.78, 5) is 47.6. The molecule has 0 radical (unpaired) electrons. The average molecular weight is 775 g/mol. The number of rotatable bonds is 14. The maximum atomic E-state index is 12.4. The zero-order chi connectivity index (χ0) is 40.8. The van der Waals surface area contributed by atoms with Gasteiger partial charge in [0.15, 0.2) is 33.9 Å². The molecule has 0 saturated carbocycles. The Morgan fingerprint density at radius 3 is 1.29 bits per heavy atom. The number of fused-ring (bicyclic) bond motifs is 6.